The number of benzene rings is 4. The van der Waals surface area contributed by atoms with Gasteiger partial charge in [0.2, 0.25) is 82.7 Å². The zero-order chi connectivity index (χ0) is 81.0. The molecule has 34 heteroatoms. The van der Waals surface area contributed by atoms with E-state index in [9.17, 15) is 62.6 Å². The first-order valence-corrected chi connectivity index (χ1v) is 38.5. The molecule has 4 aromatic carbocycles. The van der Waals surface area contributed by atoms with Crippen LogP contribution in [0.1, 0.15) is 110 Å². The van der Waals surface area contributed by atoms with Crippen LogP contribution < -0.4 is 86.7 Å². The molecular formula is C77H106N18O15S. The number of H-pyrrole nitrogens is 2. The Morgan fingerprint density at radius 3 is 1.42 bits per heavy atom. The number of aromatic nitrogens is 2. The summed E-state index contributed by atoms with van der Waals surface area (Å²) >= 11 is 0.873. The molecule has 7 rings (SSSR count). The fraction of sp³-hybridized carbons (Fsp3) is 0.481. The number of aromatic amines is 2. The van der Waals surface area contributed by atoms with Crippen LogP contribution >= 0.6 is 11.8 Å². The van der Waals surface area contributed by atoms with Gasteiger partial charge in [-0.3, -0.25) is 67.1 Å². The molecule has 6 aromatic rings. The predicted molar refractivity (Wildman–Crippen MR) is 418 cm³/mol. The van der Waals surface area contributed by atoms with E-state index >= 15 is 9.59 Å². The van der Waals surface area contributed by atoms with Gasteiger partial charge in [0.05, 0.1) is 25.3 Å². The Morgan fingerprint density at radius 2 is 0.910 bits per heavy atom. The Labute approximate surface area is 647 Å². The van der Waals surface area contributed by atoms with Crippen LogP contribution in [0.25, 0.3) is 32.6 Å². The molecule has 1 aliphatic heterocycles. The second-order valence-electron chi connectivity index (χ2n) is 28.5. The number of para-hydroxylation sites is 2. The van der Waals surface area contributed by atoms with Gasteiger partial charge in [-0.25, -0.2) is 0 Å². The van der Waals surface area contributed by atoms with E-state index in [1.54, 1.807) is 102 Å². The Hall–Kier alpha value is -11.0. The van der Waals surface area contributed by atoms with Crippen molar-refractivity contribution < 1.29 is 72.2 Å². The number of nitrogens with two attached hydrogens (primary N) is 4. The number of amides is 14. The number of carbonyl (C=O) groups excluding carboxylic acids is 14. The van der Waals surface area contributed by atoms with E-state index in [0.29, 0.717) is 51.3 Å². The molecule has 12 atom stereocenters. The first-order chi connectivity index (χ1) is 53.0. The summed E-state index contributed by atoms with van der Waals surface area (Å²) < 4.78 is 0. The maximum Gasteiger partial charge on any atom is 0.245 e. The van der Waals surface area contributed by atoms with Crippen LogP contribution in [0.15, 0.2) is 103 Å². The van der Waals surface area contributed by atoms with E-state index in [1.165, 1.54) is 0 Å². The van der Waals surface area contributed by atoms with Crippen LogP contribution in [-0.4, -0.2) is 202 Å². The van der Waals surface area contributed by atoms with Gasteiger partial charge in [0.25, 0.3) is 0 Å². The summed E-state index contributed by atoms with van der Waals surface area (Å²) in [6, 6.07) is 10.5. The molecule has 2 aromatic heterocycles. The predicted octanol–water partition coefficient (Wildman–Crippen LogP) is -1.00. The van der Waals surface area contributed by atoms with Crippen LogP contribution in [0.5, 0.6) is 0 Å². The normalized spacial score (nSPS) is 23.4. The minimum Gasteiger partial charge on any atom is -0.394 e. The molecule has 3 heterocycles. The van der Waals surface area contributed by atoms with Gasteiger partial charge in [0, 0.05) is 59.2 Å². The van der Waals surface area contributed by atoms with Gasteiger partial charge in [-0.05, 0) is 109 Å². The maximum absolute atomic E-state index is 15.0. The summed E-state index contributed by atoms with van der Waals surface area (Å²) in [5.74, 6) is -15.9. The summed E-state index contributed by atoms with van der Waals surface area (Å²) in [4.78, 5) is 207. The van der Waals surface area contributed by atoms with Crippen molar-refractivity contribution >= 4 is 127 Å². The quantitative estimate of drug-likeness (QED) is 0.0362. The van der Waals surface area contributed by atoms with E-state index in [-0.39, 0.29) is 70.2 Å². The van der Waals surface area contributed by atoms with Crippen molar-refractivity contribution in [2.45, 2.75) is 179 Å². The Balaban J connectivity index is 1.26. The highest BCUT2D eigenvalue weighted by atomic mass is 32.2. The van der Waals surface area contributed by atoms with Crippen LogP contribution in [0.2, 0.25) is 0 Å². The lowest BCUT2D eigenvalue weighted by Crippen LogP contribution is -2.62. The van der Waals surface area contributed by atoms with Crippen molar-refractivity contribution in [2.75, 3.05) is 37.7 Å². The lowest BCUT2D eigenvalue weighted by Gasteiger charge is -2.29. The molecule has 0 saturated carbocycles. The largest absolute Gasteiger partial charge is 0.394 e. The number of thioether (sulfide) groups is 1. The minimum atomic E-state index is -1.81. The number of rotatable bonds is 22. The fourth-order valence-electron chi connectivity index (χ4n) is 12.8. The van der Waals surface area contributed by atoms with E-state index in [4.69, 9.17) is 22.9 Å². The van der Waals surface area contributed by atoms with Gasteiger partial charge in [0.1, 0.15) is 66.5 Å². The lowest BCUT2D eigenvalue weighted by atomic mass is 9.96. The number of hydrogen-bond donors (Lipinski definition) is 19. The van der Waals surface area contributed by atoms with Crippen LogP contribution in [0.4, 0.5) is 0 Å². The molecule has 111 heavy (non-hydrogen) atoms. The van der Waals surface area contributed by atoms with Gasteiger partial charge in [-0.15, -0.1) is 11.8 Å². The van der Waals surface area contributed by atoms with Crippen molar-refractivity contribution in [3.05, 3.63) is 120 Å². The van der Waals surface area contributed by atoms with Crippen LogP contribution in [0.3, 0.4) is 0 Å². The third kappa shape index (κ3) is 25.8. The molecule has 1 aliphatic rings. The topological polar surface area (TPSA) is 539 Å². The first-order valence-electron chi connectivity index (χ1n) is 37.4. The number of aliphatic hydroxyl groups is 1. The summed E-state index contributed by atoms with van der Waals surface area (Å²) in [5.41, 5.74) is 26.4. The highest BCUT2D eigenvalue weighted by molar-refractivity contribution is 8.00. The molecule has 23 N–H and O–H groups in total. The monoisotopic (exact) mass is 1550 g/mol. The zero-order valence-electron chi connectivity index (χ0n) is 63.3. The van der Waals surface area contributed by atoms with Gasteiger partial charge in [-0.2, -0.15) is 0 Å². The molecule has 1 fully saturated rings. The lowest BCUT2D eigenvalue weighted by molar-refractivity contribution is -0.137. The maximum atomic E-state index is 15.0. The minimum absolute atomic E-state index is 0.0362. The Bertz CT molecular complexity index is 4280. The van der Waals surface area contributed by atoms with E-state index in [0.717, 1.165) is 22.5 Å². The first kappa shape index (κ1) is 87.3. The van der Waals surface area contributed by atoms with Gasteiger partial charge in [-0.1, -0.05) is 127 Å². The third-order valence-electron chi connectivity index (χ3n) is 19.3. The number of carbonyl (C=O) groups is 14. The molecule has 0 unspecified atom stereocenters. The summed E-state index contributed by atoms with van der Waals surface area (Å²) in [5, 5.41) is 45.2. The van der Waals surface area contributed by atoms with Crippen molar-refractivity contribution in [1.29, 1.82) is 0 Å². The van der Waals surface area contributed by atoms with E-state index in [1.807, 2.05) is 42.5 Å². The average Bonchev–Trinajstić information content (AvgIpc) is 1.74. The summed E-state index contributed by atoms with van der Waals surface area (Å²) in [6.45, 7) is 8.37. The smallest absolute Gasteiger partial charge is 0.245 e. The number of primary amides is 2. The summed E-state index contributed by atoms with van der Waals surface area (Å²) in [6.07, 6.45) is 3.28. The molecule has 0 aliphatic carbocycles. The van der Waals surface area contributed by atoms with Crippen LogP contribution in [-0.2, 0) is 86.4 Å². The van der Waals surface area contributed by atoms with Gasteiger partial charge < -0.3 is 102 Å². The molecule has 33 nitrogen and oxygen atoms in total. The highest BCUT2D eigenvalue weighted by Gasteiger charge is 2.39. The number of aliphatic hydroxyl groups excluding tert-OH is 1. The van der Waals surface area contributed by atoms with Crippen molar-refractivity contribution in [2.24, 2.45) is 40.7 Å². The summed E-state index contributed by atoms with van der Waals surface area (Å²) in [7, 11) is 0. The number of nitrogens with one attached hydrogen (secondary N) is 14. The van der Waals surface area contributed by atoms with Crippen molar-refractivity contribution in [1.82, 2.24) is 73.8 Å². The number of hydrogen-bond acceptors (Lipinski definition) is 18. The molecule has 0 bridgehead atoms. The molecule has 0 radical (unpaired) electrons. The second-order valence-corrected chi connectivity index (χ2v) is 29.5. The molecular weight excluding hydrogens is 1450 g/mol. The van der Waals surface area contributed by atoms with Crippen LogP contribution in [0, 0.1) is 17.8 Å². The molecule has 600 valence electrons. The van der Waals surface area contributed by atoms with Gasteiger partial charge in [0.15, 0.2) is 0 Å². The Kier molecular flexibility index (Phi) is 33.7. The fourth-order valence-corrected chi connectivity index (χ4v) is 13.6. The SMILES string of the molecule is CC[C@H](C)[C@@H]1NC(=O)[C@H](Cc2ccc3ccccc3c2)NC(=O)CSC[C@@H](C(N)=O)NC(=O)[C@H](C(C)C)NC(=O)[C@H](Cc2c[nH]c3ccccc23)NC(=O)[C@H](CCCCN)NC(=O)[C@H](C(C)C)NC(=O)[C@H](Cc2c[nH]c3ccccc23)NC(=O)[C@H](CC(N)=O)NC(=O)[C@H](CCCCN)NC(=O)CNC(=O)[C@H](CO)NC1=O. The third-order valence-corrected chi connectivity index (χ3v) is 20.3. The van der Waals surface area contributed by atoms with E-state index < -0.39 is 192 Å². The molecule has 0 spiro atoms. The number of fused-ring (bicyclic) bond motifs is 3. The molecule has 14 amide bonds. The van der Waals surface area contributed by atoms with Crippen molar-refractivity contribution in [3.63, 3.8) is 0 Å². The highest BCUT2D eigenvalue weighted by Crippen LogP contribution is 2.24. The van der Waals surface area contributed by atoms with E-state index in [2.05, 4.69) is 73.8 Å². The number of unbranched alkanes of at least 4 members (excludes halogenated alkanes) is 2. The average molecular weight is 1560 g/mol. The zero-order valence-corrected chi connectivity index (χ0v) is 64.1. The van der Waals surface area contributed by atoms with Gasteiger partial charge >= 0.3 is 0 Å². The second kappa shape index (κ2) is 42.8. The Morgan fingerprint density at radius 1 is 0.468 bits per heavy atom. The molecule has 1 saturated heterocycles. The standard InChI is InChI=1S/C77H106N18O15S/c1-7-43(6)66-77(110)91-59(38-96)68(101)84-37-62(98)85-53(24-14-16-28-78)69(102)90-58(34-61(80)97)71(104)89-57(33-48-36-83-52-23-13-11-21-50(48)52)74(107)93-64(41(2)3)75(108)87-54(25-15-17-29-79)70(103)88-56(32-47-35-82-51-22-12-10-20-49(47)51)73(106)94-65(42(4)5)76(109)92-60(67(81)100)39-111-40-63(99)86-55(72(105)95-66)31-44-26-27-45-18-8-9-19-46(45)30-44/h8-13,18-23,26-27,30,35-36,41-43,53-60,64-66,82-83,96H,7,14-17,24-25,28-29,31-34,37-40,78-79H2,1-6H3,(H2,80,97)(H2,81,100)(H,84,101)(H,85,98)(H,86,99)(H,87,108)(H,88,103)(H,89,104)(H,90,102)(H,91,110)(H,92,109)(H,93,107)(H,94,106)(H,95,105)/t43-,53-,54-,55-,56-,57-,58-,59-,60-,64-,65-,66-/m0/s1. The van der Waals surface area contributed by atoms with Crippen molar-refractivity contribution in [3.8, 4) is 0 Å².